The summed E-state index contributed by atoms with van der Waals surface area (Å²) in [5, 5.41) is 0.802. The SMILES string of the molecule is Cc1cc(N2CCCOCC2c2ccc(C3CCN(C4COC4)CC3)cc2Cl)nc(N)n1. The van der Waals surface area contributed by atoms with Crippen molar-refractivity contribution in [1.82, 2.24) is 14.9 Å². The van der Waals surface area contributed by atoms with E-state index in [0.29, 0.717) is 24.5 Å². The molecule has 3 fully saturated rings. The summed E-state index contributed by atoms with van der Waals surface area (Å²) in [5.74, 6) is 1.69. The average molecular weight is 458 g/mol. The number of benzene rings is 1. The molecule has 1 atom stereocenters. The number of anilines is 2. The van der Waals surface area contributed by atoms with Crippen molar-refractivity contribution in [3.63, 3.8) is 0 Å². The second kappa shape index (κ2) is 9.51. The third-order valence-electron chi connectivity index (χ3n) is 7.01. The highest BCUT2D eigenvalue weighted by Crippen LogP contribution is 2.37. The molecule has 8 heteroatoms. The number of hydrogen-bond acceptors (Lipinski definition) is 7. The highest BCUT2D eigenvalue weighted by molar-refractivity contribution is 6.31. The van der Waals surface area contributed by atoms with Gasteiger partial charge in [-0.1, -0.05) is 23.7 Å². The molecular weight excluding hydrogens is 426 g/mol. The van der Waals surface area contributed by atoms with Crippen molar-refractivity contribution in [2.75, 3.05) is 56.7 Å². The first kappa shape index (κ1) is 21.9. The van der Waals surface area contributed by atoms with E-state index in [1.54, 1.807) is 0 Å². The van der Waals surface area contributed by atoms with Crippen LogP contribution in [0.2, 0.25) is 5.02 Å². The zero-order valence-corrected chi connectivity index (χ0v) is 19.4. The van der Waals surface area contributed by atoms with Gasteiger partial charge in [0.05, 0.1) is 31.9 Å². The second-order valence-electron chi connectivity index (χ2n) is 9.15. The Bertz CT molecular complexity index is 926. The van der Waals surface area contributed by atoms with Gasteiger partial charge in [0.25, 0.3) is 0 Å². The lowest BCUT2D eigenvalue weighted by molar-refractivity contribution is -0.0712. The molecule has 0 bridgehead atoms. The molecule has 7 nitrogen and oxygen atoms in total. The molecule has 32 heavy (non-hydrogen) atoms. The van der Waals surface area contributed by atoms with E-state index in [9.17, 15) is 0 Å². The van der Waals surface area contributed by atoms with Crippen molar-refractivity contribution in [3.8, 4) is 0 Å². The largest absolute Gasteiger partial charge is 0.379 e. The summed E-state index contributed by atoms with van der Waals surface area (Å²) in [7, 11) is 0. The Morgan fingerprint density at radius 2 is 1.84 bits per heavy atom. The summed E-state index contributed by atoms with van der Waals surface area (Å²) < 4.78 is 11.3. The maximum atomic E-state index is 6.89. The second-order valence-corrected chi connectivity index (χ2v) is 9.55. The minimum Gasteiger partial charge on any atom is -0.379 e. The quantitative estimate of drug-likeness (QED) is 0.752. The number of ether oxygens (including phenoxy) is 2. The maximum absolute atomic E-state index is 6.89. The van der Waals surface area contributed by atoms with Crippen LogP contribution in [0.25, 0.3) is 0 Å². The number of piperidine rings is 1. The number of halogens is 1. The molecule has 0 aliphatic carbocycles. The van der Waals surface area contributed by atoms with Crippen LogP contribution in [0.4, 0.5) is 11.8 Å². The smallest absolute Gasteiger partial charge is 0.222 e. The zero-order valence-electron chi connectivity index (χ0n) is 18.7. The van der Waals surface area contributed by atoms with Crippen LogP contribution in [-0.4, -0.2) is 67.0 Å². The Hall–Kier alpha value is -1.93. The van der Waals surface area contributed by atoms with Crippen LogP contribution in [0.5, 0.6) is 0 Å². The molecule has 1 aromatic carbocycles. The Kier molecular flexibility index (Phi) is 6.51. The molecule has 3 saturated heterocycles. The van der Waals surface area contributed by atoms with Crippen LogP contribution in [-0.2, 0) is 9.47 Å². The van der Waals surface area contributed by atoms with Crippen LogP contribution in [0, 0.1) is 6.92 Å². The van der Waals surface area contributed by atoms with Gasteiger partial charge in [0.2, 0.25) is 5.95 Å². The zero-order chi connectivity index (χ0) is 22.1. The molecule has 0 saturated carbocycles. The van der Waals surface area contributed by atoms with Gasteiger partial charge < -0.3 is 20.1 Å². The van der Waals surface area contributed by atoms with Crippen LogP contribution in [0.15, 0.2) is 24.3 Å². The lowest BCUT2D eigenvalue weighted by Crippen LogP contribution is -2.51. The van der Waals surface area contributed by atoms with Crippen LogP contribution >= 0.6 is 11.6 Å². The lowest BCUT2D eigenvalue weighted by Gasteiger charge is -2.41. The van der Waals surface area contributed by atoms with Crippen molar-refractivity contribution in [2.45, 2.75) is 44.2 Å². The van der Waals surface area contributed by atoms with Crippen LogP contribution in [0.3, 0.4) is 0 Å². The van der Waals surface area contributed by atoms with E-state index < -0.39 is 0 Å². The summed E-state index contributed by atoms with van der Waals surface area (Å²) >= 11 is 6.89. The van der Waals surface area contributed by atoms with E-state index >= 15 is 0 Å². The highest BCUT2D eigenvalue weighted by atomic mass is 35.5. The Morgan fingerprint density at radius 1 is 1.03 bits per heavy atom. The highest BCUT2D eigenvalue weighted by Gasteiger charge is 2.31. The minimum atomic E-state index is -0.00628. The summed E-state index contributed by atoms with van der Waals surface area (Å²) in [6.07, 6.45) is 3.27. The van der Waals surface area contributed by atoms with Crippen molar-refractivity contribution in [3.05, 3.63) is 46.1 Å². The van der Waals surface area contributed by atoms with Gasteiger partial charge in [0.1, 0.15) is 5.82 Å². The van der Waals surface area contributed by atoms with Crippen molar-refractivity contribution < 1.29 is 9.47 Å². The van der Waals surface area contributed by atoms with Crippen LogP contribution < -0.4 is 10.6 Å². The molecule has 0 radical (unpaired) electrons. The normalized spacial score (nSPS) is 23.7. The monoisotopic (exact) mass is 457 g/mol. The minimum absolute atomic E-state index is 0.00628. The first-order chi connectivity index (χ1) is 15.6. The number of aromatic nitrogens is 2. The van der Waals surface area contributed by atoms with E-state index in [1.807, 2.05) is 13.0 Å². The fourth-order valence-corrected chi connectivity index (χ4v) is 5.45. The molecule has 1 aromatic heterocycles. The molecule has 2 aromatic rings. The van der Waals surface area contributed by atoms with E-state index in [2.05, 4.69) is 38.0 Å². The topological polar surface area (TPSA) is 76.7 Å². The van der Waals surface area contributed by atoms with Gasteiger partial charge in [0, 0.05) is 29.9 Å². The summed E-state index contributed by atoms with van der Waals surface area (Å²) in [4.78, 5) is 13.6. The molecule has 2 N–H and O–H groups in total. The van der Waals surface area contributed by atoms with Crippen molar-refractivity contribution in [2.24, 2.45) is 0 Å². The third-order valence-corrected chi connectivity index (χ3v) is 7.34. The van der Waals surface area contributed by atoms with Crippen molar-refractivity contribution in [1.29, 1.82) is 0 Å². The van der Waals surface area contributed by atoms with E-state index in [1.165, 1.54) is 18.4 Å². The maximum Gasteiger partial charge on any atom is 0.222 e. The molecule has 3 aliphatic rings. The van der Waals surface area contributed by atoms with Crippen LogP contribution in [0.1, 0.15) is 48.0 Å². The number of nitrogens with two attached hydrogens (primary N) is 1. The van der Waals surface area contributed by atoms with Gasteiger partial charge in [-0.15, -0.1) is 0 Å². The Balaban J connectivity index is 1.35. The third kappa shape index (κ3) is 4.57. The number of nitrogens with zero attached hydrogens (tertiary/aromatic N) is 4. The Labute approximate surface area is 194 Å². The predicted molar refractivity (Wildman–Crippen MR) is 126 cm³/mol. The number of aryl methyl sites for hydroxylation is 1. The molecule has 0 spiro atoms. The molecule has 4 heterocycles. The van der Waals surface area contributed by atoms with Gasteiger partial charge >= 0.3 is 0 Å². The predicted octanol–water partition coefficient (Wildman–Crippen LogP) is 3.57. The van der Waals surface area contributed by atoms with Gasteiger partial charge in [0.15, 0.2) is 0 Å². The van der Waals surface area contributed by atoms with E-state index in [-0.39, 0.29) is 6.04 Å². The fourth-order valence-electron chi connectivity index (χ4n) is 5.13. The number of likely N-dealkylation sites (tertiary alicyclic amines) is 1. The average Bonchev–Trinajstić information content (AvgIpc) is 2.98. The molecule has 3 aliphatic heterocycles. The summed E-state index contributed by atoms with van der Waals surface area (Å²) in [6, 6.07) is 9.23. The first-order valence-corrected chi connectivity index (χ1v) is 12.0. The van der Waals surface area contributed by atoms with E-state index in [0.717, 1.165) is 68.0 Å². The van der Waals surface area contributed by atoms with Gasteiger partial charge in [-0.3, -0.25) is 4.90 Å². The van der Waals surface area contributed by atoms with Crippen molar-refractivity contribution >= 4 is 23.4 Å². The number of rotatable bonds is 4. The molecule has 5 rings (SSSR count). The molecule has 172 valence electrons. The lowest BCUT2D eigenvalue weighted by atomic mass is 9.87. The number of nitrogen functional groups attached to an aromatic ring is 1. The van der Waals surface area contributed by atoms with Gasteiger partial charge in [-0.2, -0.15) is 4.98 Å². The summed E-state index contributed by atoms with van der Waals surface area (Å²) in [5.41, 5.74) is 9.22. The molecule has 1 unspecified atom stereocenters. The molecule has 0 amide bonds. The fraction of sp³-hybridized carbons (Fsp3) is 0.583. The molecular formula is C24H32ClN5O2. The summed E-state index contributed by atoms with van der Waals surface area (Å²) in [6.45, 7) is 8.13. The first-order valence-electron chi connectivity index (χ1n) is 11.6. The van der Waals surface area contributed by atoms with Gasteiger partial charge in [-0.25, -0.2) is 4.98 Å². The number of hydrogen-bond donors (Lipinski definition) is 1. The standard InChI is InChI=1S/C24H32ClN5O2/c1-16-11-23(28-24(26)27-16)30-7-2-10-31-15-22(30)20-4-3-18(12-21(20)25)17-5-8-29(9-6-17)19-13-32-14-19/h3-4,11-12,17,19,22H,2,5-10,13-15H2,1H3,(H2,26,27,28). The van der Waals surface area contributed by atoms with E-state index in [4.69, 9.17) is 26.8 Å². The Morgan fingerprint density at radius 3 is 2.53 bits per heavy atom. The van der Waals surface area contributed by atoms with Gasteiger partial charge in [-0.05, 0) is 62.4 Å².